The second-order valence-corrected chi connectivity index (χ2v) is 9.34. The molecule has 2 saturated heterocycles. The SMILES string of the molecule is CCCCS(=O)(=O)N1CC2CN(CCOc3ccc(C#N)cc3)CC2C1. The highest BCUT2D eigenvalue weighted by Gasteiger charge is 2.43. The lowest BCUT2D eigenvalue weighted by atomic mass is 10.0. The van der Waals surface area contributed by atoms with Gasteiger partial charge in [0.05, 0.1) is 17.4 Å². The van der Waals surface area contributed by atoms with Gasteiger partial charge in [-0.2, -0.15) is 5.26 Å². The van der Waals surface area contributed by atoms with Gasteiger partial charge < -0.3 is 4.74 Å². The summed E-state index contributed by atoms with van der Waals surface area (Å²) in [5.74, 6) is 1.95. The summed E-state index contributed by atoms with van der Waals surface area (Å²) in [6.45, 7) is 6.70. The zero-order valence-corrected chi connectivity index (χ0v) is 16.1. The molecule has 2 atom stereocenters. The third-order valence-corrected chi connectivity index (χ3v) is 7.23. The molecule has 0 aliphatic carbocycles. The lowest BCUT2D eigenvalue weighted by molar-refractivity contribution is 0.223. The van der Waals surface area contributed by atoms with E-state index in [2.05, 4.69) is 11.0 Å². The van der Waals surface area contributed by atoms with Crippen molar-refractivity contribution in [2.24, 2.45) is 11.8 Å². The van der Waals surface area contributed by atoms with Crippen LogP contribution in [0.15, 0.2) is 24.3 Å². The molecule has 2 aliphatic heterocycles. The van der Waals surface area contributed by atoms with Crippen molar-refractivity contribution in [3.63, 3.8) is 0 Å². The molecule has 0 amide bonds. The lowest BCUT2D eigenvalue weighted by Crippen LogP contribution is -2.35. The van der Waals surface area contributed by atoms with E-state index in [0.717, 1.165) is 38.2 Å². The summed E-state index contributed by atoms with van der Waals surface area (Å²) in [6, 6.07) is 9.23. The van der Waals surface area contributed by atoms with E-state index in [1.807, 2.05) is 19.1 Å². The average Bonchev–Trinajstić information content (AvgIpc) is 3.20. The molecule has 0 aromatic heterocycles. The first-order valence-electron chi connectivity index (χ1n) is 9.35. The Bertz CT molecular complexity index is 728. The molecule has 2 aliphatic rings. The monoisotopic (exact) mass is 377 g/mol. The van der Waals surface area contributed by atoms with Crippen molar-refractivity contribution in [2.75, 3.05) is 45.1 Å². The van der Waals surface area contributed by atoms with Crippen molar-refractivity contribution >= 4 is 10.0 Å². The highest BCUT2D eigenvalue weighted by molar-refractivity contribution is 7.89. The fourth-order valence-electron chi connectivity index (χ4n) is 3.83. The van der Waals surface area contributed by atoms with E-state index in [1.54, 1.807) is 16.4 Å². The number of benzene rings is 1. The van der Waals surface area contributed by atoms with Crippen LogP contribution in [0.3, 0.4) is 0 Å². The van der Waals surface area contributed by atoms with Crippen LogP contribution in [0.4, 0.5) is 0 Å². The minimum Gasteiger partial charge on any atom is -0.492 e. The standard InChI is InChI=1S/C19H27N3O3S/c1-2-3-10-26(23,24)22-14-17-12-21(13-18(17)15-22)8-9-25-19-6-4-16(11-20)5-7-19/h4-7,17-18H,2-3,8-10,12-15H2,1H3. The van der Waals surface area contributed by atoms with Crippen molar-refractivity contribution < 1.29 is 13.2 Å². The Kier molecular flexibility index (Phi) is 6.17. The summed E-state index contributed by atoms with van der Waals surface area (Å²) < 4.78 is 32.2. The zero-order chi connectivity index (χ0) is 18.6. The number of likely N-dealkylation sites (tertiary alicyclic amines) is 1. The van der Waals surface area contributed by atoms with Crippen molar-refractivity contribution in [3.05, 3.63) is 29.8 Å². The fourth-order valence-corrected chi connectivity index (χ4v) is 5.58. The molecule has 26 heavy (non-hydrogen) atoms. The number of fused-ring (bicyclic) bond motifs is 1. The number of unbranched alkanes of at least 4 members (excludes halogenated alkanes) is 1. The highest BCUT2D eigenvalue weighted by Crippen LogP contribution is 2.32. The first kappa shape index (κ1) is 19.2. The van der Waals surface area contributed by atoms with Gasteiger partial charge in [0.25, 0.3) is 0 Å². The molecule has 7 heteroatoms. The van der Waals surface area contributed by atoms with E-state index >= 15 is 0 Å². The molecule has 0 bridgehead atoms. The van der Waals surface area contributed by atoms with E-state index in [9.17, 15) is 8.42 Å². The van der Waals surface area contributed by atoms with Crippen molar-refractivity contribution in [3.8, 4) is 11.8 Å². The maximum Gasteiger partial charge on any atom is 0.214 e. The average molecular weight is 378 g/mol. The molecule has 0 N–H and O–H groups in total. The van der Waals surface area contributed by atoms with Crippen LogP contribution in [-0.4, -0.2) is 62.7 Å². The molecule has 2 unspecified atom stereocenters. The molecule has 2 fully saturated rings. The van der Waals surface area contributed by atoms with Gasteiger partial charge in [-0.15, -0.1) is 0 Å². The molecule has 0 spiro atoms. The Morgan fingerprint density at radius 3 is 2.38 bits per heavy atom. The van der Waals surface area contributed by atoms with Crippen LogP contribution in [0.2, 0.25) is 0 Å². The predicted octanol–water partition coefficient (Wildman–Crippen LogP) is 1.93. The van der Waals surface area contributed by atoms with Gasteiger partial charge in [0, 0.05) is 32.7 Å². The smallest absolute Gasteiger partial charge is 0.214 e. The van der Waals surface area contributed by atoms with Crippen LogP contribution in [0.25, 0.3) is 0 Å². The van der Waals surface area contributed by atoms with Gasteiger partial charge in [-0.05, 0) is 42.5 Å². The van der Waals surface area contributed by atoms with Crippen molar-refractivity contribution in [1.82, 2.24) is 9.21 Å². The minimum absolute atomic E-state index is 0.283. The number of nitriles is 1. The van der Waals surface area contributed by atoms with Crippen LogP contribution >= 0.6 is 0 Å². The quantitative estimate of drug-likeness (QED) is 0.692. The molecule has 1 aromatic carbocycles. The van der Waals surface area contributed by atoms with Crippen LogP contribution in [0, 0.1) is 23.2 Å². The number of rotatable bonds is 8. The minimum atomic E-state index is -3.07. The number of sulfonamides is 1. The summed E-state index contributed by atoms with van der Waals surface area (Å²) in [6.07, 6.45) is 1.65. The van der Waals surface area contributed by atoms with Gasteiger partial charge in [-0.25, -0.2) is 12.7 Å². The topological polar surface area (TPSA) is 73.6 Å². The summed E-state index contributed by atoms with van der Waals surface area (Å²) in [5, 5.41) is 8.80. The normalized spacial score (nSPS) is 23.7. The fraction of sp³-hybridized carbons (Fsp3) is 0.632. The Labute approximate surface area is 156 Å². The van der Waals surface area contributed by atoms with E-state index in [1.165, 1.54) is 0 Å². The van der Waals surface area contributed by atoms with E-state index in [-0.39, 0.29) is 5.75 Å². The lowest BCUT2D eigenvalue weighted by Gasteiger charge is -2.21. The third-order valence-electron chi connectivity index (χ3n) is 5.34. The molecule has 3 rings (SSSR count). The number of hydrogen-bond donors (Lipinski definition) is 0. The van der Waals surface area contributed by atoms with Gasteiger partial charge in [0.15, 0.2) is 0 Å². The van der Waals surface area contributed by atoms with Crippen LogP contribution in [0.5, 0.6) is 5.75 Å². The number of nitrogens with zero attached hydrogens (tertiary/aromatic N) is 3. The van der Waals surface area contributed by atoms with Crippen LogP contribution < -0.4 is 4.74 Å². The maximum atomic E-state index is 12.4. The third kappa shape index (κ3) is 4.56. The Morgan fingerprint density at radius 2 is 1.81 bits per heavy atom. The van der Waals surface area contributed by atoms with Gasteiger partial charge in [0.1, 0.15) is 12.4 Å². The van der Waals surface area contributed by atoms with Gasteiger partial charge >= 0.3 is 0 Å². The zero-order valence-electron chi connectivity index (χ0n) is 15.3. The van der Waals surface area contributed by atoms with Crippen molar-refractivity contribution in [1.29, 1.82) is 5.26 Å². The molecule has 0 saturated carbocycles. The maximum absolute atomic E-state index is 12.4. The molecular formula is C19H27N3O3S. The number of hydrogen-bond acceptors (Lipinski definition) is 5. The highest BCUT2D eigenvalue weighted by atomic mass is 32.2. The molecule has 1 aromatic rings. The molecular weight excluding hydrogens is 350 g/mol. The first-order chi connectivity index (χ1) is 12.5. The first-order valence-corrected chi connectivity index (χ1v) is 11.0. The molecule has 142 valence electrons. The van der Waals surface area contributed by atoms with E-state index in [0.29, 0.717) is 37.1 Å². The van der Waals surface area contributed by atoms with E-state index < -0.39 is 10.0 Å². The van der Waals surface area contributed by atoms with E-state index in [4.69, 9.17) is 10.00 Å². The van der Waals surface area contributed by atoms with Gasteiger partial charge in [0.2, 0.25) is 10.0 Å². The van der Waals surface area contributed by atoms with Gasteiger partial charge in [-0.3, -0.25) is 4.90 Å². The van der Waals surface area contributed by atoms with Crippen molar-refractivity contribution in [2.45, 2.75) is 19.8 Å². The summed E-state index contributed by atoms with van der Waals surface area (Å²) in [7, 11) is -3.07. The Balaban J connectivity index is 1.41. The number of ether oxygens (including phenoxy) is 1. The summed E-state index contributed by atoms with van der Waals surface area (Å²) in [5.41, 5.74) is 0.628. The predicted molar refractivity (Wildman–Crippen MR) is 100 cm³/mol. The molecule has 6 nitrogen and oxygen atoms in total. The van der Waals surface area contributed by atoms with Crippen LogP contribution in [0.1, 0.15) is 25.3 Å². The summed E-state index contributed by atoms with van der Waals surface area (Å²) >= 11 is 0. The summed E-state index contributed by atoms with van der Waals surface area (Å²) in [4.78, 5) is 2.37. The molecule has 0 radical (unpaired) electrons. The Hall–Kier alpha value is -1.62. The molecule has 2 heterocycles. The second-order valence-electron chi connectivity index (χ2n) is 7.25. The second kappa shape index (κ2) is 8.38. The largest absolute Gasteiger partial charge is 0.492 e. The van der Waals surface area contributed by atoms with Crippen LogP contribution in [-0.2, 0) is 10.0 Å². The van der Waals surface area contributed by atoms with Gasteiger partial charge in [-0.1, -0.05) is 13.3 Å². The Morgan fingerprint density at radius 1 is 1.15 bits per heavy atom.